The zero-order valence-electron chi connectivity index (χ0n) is 11.4. The third-order valence-electron chi connectivity index (χ3n) is 3.06. The molecule has 112 valence electrons. The quantitative estimate of drug-likeness (QED) is 0.874. The van der Waals surface area contributed by atoms with Crippen molar-refractivity contribution in [1.82, 2.24) is 4.72 Å². The Bertz CT molecular complexity index is 730. The Morgan fingerprint density at radius 3 is 2.48 bits per heavy atom. The topological polar surface area (TPSA) is 46.2 Å². The Kier molecular flexibility index (Phi) is 5.13. The SMILES string of the molecule is Cc1ccc(Br)cc1S(=O)(=O)NCCc1ccc(F)cc1. The van der Waals surface area contributed by atoms with Crippen LogP contribution < -0.4 is 4.72 Å². The van der Waals surface area contributed by atoms with Crippen LogP contribution in [-0.2, 0) is 16.4 Å². The van der Waals surface area contributed by atoms with Crippen LogP contribution in [0.4, 0.5) is 4.39 Å². The lowest BCUT2D eigenvalue weighted by molar-refractivity contribution is 0.580. The van der Waals surface area contributed by atoms with Crippen LogP contribution in [0.2, 0.25) is 0 Å². The van der Waals surface area contributed by atoms with Crippen LogP contribution in [0.3, 0.4) is 0 Å². The molecule has 2 aromatic carbocycles. The smallest absolute Gasteiger partial charge is 0.211 e. The first-order valence-electron chi connectivity index (χ1n) is 6.39. The molecular weight excluding hydrogens is 357 g/mol. The molecule has 2 aromatic rings. The van der Waals surface area contributed by atoms with Gasteiger partial charge in [0.1, 0.15) is 5.82 Å². The van der Waals surface area contributed by atoms with Crippen molar-refractivity contribution in [3.05, 3.63) is 63.9 Å². The largest absolute Gasteiger partial charge is 0.240 e. The van der Waals surface area contributed by atoms with Gasteiger partial charge in [-0.05, 0) is 48.7 Å². The molecule has 0 spiro atoms. The molecule has 21 heavy (non-hydrogen) atoms. The molecule has 6 heteroatoms. The minimum atomic E-state index is -3.55. The molecule has 0 fully saturated rings. The Morgan fingerprint density at radius 2 is 1.81 bits per heavy atom. The first kappa shape index (κ1) is 16.1. The van der Waals surface area contributed by atoms with Crippen molar-refractivity contribution >= 4 is 26.0 Å². The molecule has 0 radical (unpaired) electrons. The molecule has 1 N–H and O–H groups in total. The number of hydrogen-bond donors (Lipinski definition) is 1. The second kappa shape index (κ2) is 6.68. The molecule has 0 bridgehead atoms. The highest BCUT2D eigenvalue weighted by molar-refractivity contribution is 9.10. The van der Waals surface area contributed by atoms with Gasteiger partial charge in [-0.1, -0.05) is 34.1 Å². The number of hydrogen-bond acceptors (Lipinski definition) is 2. The van der Waals surface area contributed by atoms with Gasteiger partial charge in [-0.2, -0.15) is 0 Å². The molecule has 0 atom stereocenters. The van der Waals surface area contributed by atoms with Gasteiger partial charge in [-0.25, -0.2) is 17.5 Å². The fourth-order valence-electron chi connectivity index (χ4n) is 1.92. The monoisotopic (exact) mass is 371 g/mol. The molecule has 0 aliphatic carbocycles. The van der Waals surface area contributed by atoms with Gasteiger partial charge in [0, 0.05) is 11.0 Å². The predicted molar refractivity (Wildman–Crippen MR) is 84.2 cm³/mol. The molecule has 0 heterocycles. The standard InChI is InChI=1S/C15H15BrFNO2S/c1-11-2-5-13(16)10-15(11)21(19,20)18-9-8-12-3-6-14(17)7-4-12/h2-7,10,18H,8-9H2,1H3. The van der Waals surface area contributed by atoms with Gasteiger partial charge in [0.2, 0.25) is 10.0 Å². The van der Waals surface area contributed by atoms with E-state index in [0.717, 1.165) is 5.56 Å². The molecule has 3 nitrogen and oxygen atoms in total. The van der Waals surface area contributed by atoms with Crippen molar-refractivity contribution in [1.29, 1.82) is 0 Å². The van der Waals surface area contributed by atoms with Gasteiger partial charge >= 0.3 is 0 Å². The molecule has 2 rings (SSSR count). The highest BCUT2D eigenvalue weighted by atomic mass is 79.9. The molecule has 0 saturated heterocycles. The number of nitrogens with one attached hydrogen (secondary N) is 1. The van der Waals surface area contributed by atoms with Crippen LogP contribution in [0.25, 0.3) is 0 Å². The molecular formula is C15H15BrFNO2S. The van der Waals surface area contributed by atoms with Crippen molar-refractivity contribution in [3.8, 4) is 0 Å². The Morgan fingerprint density at radius 1 is 1.14 bits per heavy atom. The van der Waals surface area contributed by atoms with E-state index in [1.807, 2.05) is 0 Å². The van der Waals surface area contributed by atoms with Gasteiger partial charge in [-0.3, -0.25) is 0 Å². The minimum absolute atomic E-state index is 0.260. The molecule has 0 saturated carbocycles. The van der Waals surface area contributed by atoms with E-state index in [4.69, 9.17) is 0 Å². The summed E-state index contributed by atoms with van der Waals surface area (Å²) in [7, 11) is -3.55. The van der Waals surface area contributed by atoms with Crippen LogP contribution in [0.5, 0.6) is 0 Å². The second-order valence-electron chi connectivity index (χ2n) is 4.68. The summed E-state index contributed by atoms with van der Waals surface area (Å²) in [5.74, 6) is -0.302. The van der Waals surface area contributed by atoms with Crippen LogP contribution >= 0.6 is 15.9 Å². The molecule has 0 aliphatic heterocycles. The second-order valence-corrected chi connectivity index (χ2v) is 7.34. The zero-order chi connectivity index (χ0) is 15.5. The van der Waals surface area contributed by atoms with Crippen LogP contribution in [0, 0.1) is 12.7 Å². The summed E-state index contributed by atoms with van der Waals surface area (Å²) in [5.41, 5.74) is 1.57. The highest BCUT2D eigenvalue weighted by Crippen LogP contribution is 2.20. The third-order valence-corrected chi connectivity index (χ3v) is 5.15. The Labute approximate surface area is 132 Å². The number of aryl methyl sites for hydroxylation is 1. The summed E-state index contributed by atoms with van der Waals surface area (Å²) in [6.45, 7) is 2.01. The fraction of sp³-hybridized carbons (Fsp3) is 0.200. The first-order chi connectivity index (χ1) is 9.88. The third kappa shape index (κ3) is 4.36. The maximum atomic E-state index is 12.8. The summed E-state index contributed by atoms with van der Waals surface area (Å²) in [6.07, 6.45) is 0.507. The first-order valence-corrected chi connectivity index (χ1v) is 8.66. The Balaban J connectivity index is 2.04. The van der Waals surface area contributed by atoms with Crippen LogP contribution in [0.1, 0.15) is 11.1 Å². The van der Waals surface area contributed by atoms with E-state index < -0.39 is 10.0 Å². The van der Waals surface area contributed by atoms with Gasteiger partial charge in [0.25, 0.3) is 0 Å². The van der Waals surface area contributed by atoms with Crippen molar-refractivity contribution < 1.29 is 12.8 Å². The van der Waals surface area contributed by atoms with Gasteiger partial charge in [0.15, 0.2) is 0 Å². The van der Waals surface area contributed by atoms with E-state index >= 15 is 0 Å². The van der Waals surface area contributed by atoms with Gasteiger partial charge < -0.3 is 0 Å². The van der Waals surface area contributed by atoms with Crippen molar-refractivity contribution in [2.45, 2.75) is 18.2 Å². The van der Waals surface area contributed by atoms with E-state index in [1.54, 1.807) is 37.3 Å². The zero-order valence-corrected chi connectivity index (χ0v) is 13.8. The normalized spacial score (nSPS) is 11.6. The van der Waals surface area contributed by atoms with Crippen molar-refractivity contribution in [2.75, 3.05) is 6.54 Å². The fourth-order valence-corrected chi connectivity index (χ4v) is 3.73. The van der Waals surface area contributed by atoms with E-state index in [1.165, 1.54) is 12.1 Å². The van der Waals surface area contributed by atoms with Crippen LogP contribution in [-0.4, -0.2) is 15.0 Å². The van der Waals surface area contributed by atoms with Crippen LogP contribution in [0.15, 0.2) is 51.8 Å². The number of benzene rings is 2. The lowest BCUT2D eigenvalue weighted by Gasteiger charge is -2.10. The number of rotatable bonds is 5. The van der Waals surface area contributed by atoms with E-state index in [0.29, 0.717) is 16.5 Å². The summed E-state index contributed by atoms with van der Waals surface area (Å²) in [5, 5.41) is 0. The molecule has 0 unspecified atom stereocenters. The van der Waals surface area contributed by atoms with E-state index in [-0.39, 0.29) is 17.3 Å². The summed E-state index contributed by atoms with van der Waals surface area (Å²) in [6, 6.07) is 11.1. The molecule has 0 aromatic heterocycles. The van der Waals surface area contributed by atoms with Gasteiger partial charge in [-0.15, -0.1) is 0 Å². The maximum Gasteiger partial charge on any atom is 0.240 e. The molecule has 0 aliphatic rings. The lowest BCUT2D eigenvalue weighted by Crippen LogP contribution is -2.26. The summed E-state index contributed by atoms with van der Waals surface area (Å²) in [4.78, 5) is 0.260. The number of halogens is 2. The lowest BCUT2D eigenvalue weighted by atomic mass is 10.1. The average molecular weight is 372 g/mol. The number of sulfonamides is 1. The highest BCUT2D eigenvalue weighted by Gasteiger charge is 2.16. The maximum absolute atomic E-state index is 12.8. The minimum Gasteiger partial charge on any atom is -0.211 e. The summed E-state index contributed by atoms with van der Waals surface area (Å²) < 4.78 is 40.6. The van der Waals surface area contributed by atoms with E-state index in [9.17, 15) is 12.8 Å². The summed E-state index contributed by atoms with van der Waals surface area (Å²) >= 11 is 3.27. The van der Waals surface area contributed by atoms with Crippen molar-refractivity contribution in [3.63, 3.8) is 0 Å². The van der Waals surface area contributed by atoms with Crippen molar-refractivity contribution in [2.24, 2.45) is 0 Å². The Hall–Kier alpha value is -1.24. The average Bonchev–Trinajstić information content (AvgIpc) is 2.43. The van der Waals surface area contributed by atoms with E-state index in [2.05, 4.69) is 20.7 Å². The molecule has 0 amide bonds. The van der Waals surface area contributed by atoms with Gasteiger partial charge in [0.05, 0.1) is 4.90 Å². The predicted octanol–water partition coefficient (Wildman–Crippen LogP) is 3.42.